The lowest BCUT2D eigenvalue weighted by atomic mass is 10.1. The second-order valence-corrected chi connectivity index (χ2v) is 7.52. The summed E-state index contributed by atoms with van der Waals surface area (Å²) < 4.78 is 3.54. The highest BCUT2D eigenvalue weighted by Gasteiger charge is 2.15. The van der Waals surface area contributed by atoms with E-state index in [1.54, 1.807) is 21.0 Å². The van der Waals surface area contributed by atoms with Crippen molar-refractivity contribution >= 4 is 22.8 Å². The van der Waals surface area contributed by atoms with E-state index in [1.165, 1.54) is 11.1 Å². The predicted molar refractivity (Wildman–Crippen MR) is 114 cm³/mol. The maximum Gasteiger partial charge on any atom is 0.282 e. The minimum atomic E-state index is -0.0660. The Balaban J connectivity index is 1.68. The molecule has 0 fully saturated rings. The first kappa shape index (κ1) is 18.5. The molecule has 0 amide bonds. The van der Waals surface area contributed by atoms with E-state index in [2.05, 4.69) is 29.4 Å². The Morgan fingerprint density at radius 3 is 2.32 bits per heavy atom. The molecule has 0 saturated heterocycles. The van der Waals surface area contributed by atoms with Gasteiger partial charge in [-0.25, -0.2) is 4.98 Å². The Bertz CT molecular complexity index is 1120. The molecule has 0 aliphatic heterocycles. The molecular weight excluding hydrogens is 368 g/mol. The molecule has 0 aliphatic carbocycles. The van der Waals surface area contributed by atoms with Crippen LogP contribution in [0.5, 0.6) is 0 Å². The second-order valence-electron chi connectivity index (χ2n) is 6.58. The molecule has 0 N–H and O–H groups in total. The Hall–Kier alpha value is -2.86. The lowest BCUT2D eigenvalue weighted by Gasteiger charge is -2.12. The first-order valence-electron chi connectivity index (χ1n) is 9.43. The molecule has 4 aromatic rings. The number of thioether (sulfide) groups is 1. The van der Waals surface area contributed by atoms with Gasteiger partial charge < -0.3 is 0 Å². The molecule has 0 unspecified atom stereocenters. The second kappa shape index (κ2) is 8.44. The predicted octanol–water partition coefficient (Wildman–Crippen LogP) is 4.15. The number of benzene rings is 2. The Morgan fingerprint density at radius 1 is 0.964 bits per heavy atom. The van der Waals surface area contributed by atoms with E-state index in [0.29, 0.717) is 24.1 Å². The number of aromatic nitrogens is 4. The quantitative estimate of drug-likeness (QED) is 0.351. The van der Waals surface area contributed by atoms with Crippen LogP contribution >= 0.6 is 11.8 Å². The van der Waals surface area contributed by atoms with Crippen LogP contribution in [0.1, 0.15) is 18.1 Å². The van der Waals surface area contributed by atoms with Crippen LogP contribution in [0.2, 0.25) is 0 Å². The molecule has 6 heteroatoms. The summed E-state index contributed by atoms with van der Waals surface area (Å²) >= 11 is 1.60. The molecule has 5 nitrogen and oxygen atoms in total. The van der Waals surface area contributed by atoms with Crippen molar-refractivity contribution in [3.05, 3.63) is 88.3 Å². The number of rotatable bonds is 7. The molecule has 2 aromatic carbocycles. The summed E-state index contributed by atoms with van der Waals surface area (Å²) in [5, 5.41) is 5.16. The molecule has 142 valence electrons. The standard InChI is InChI=1S/C22H22N4OS/c1-2-25-15-19-20(24-25)21(27)26(14-13-17-9-5-3-6-10-17)22(23-19)28-16-18-11-7-4-8-12-18/h3-12,15H,2,13-14,16H2,1H3. The molecule has 0 bridgehead atoms. The van der Waals surface area contributed by atoms with Gasteiger partial charge >= 0.3 is 0 Å². The van der Waals surface area contributed by atoms with E-state index in [1.807, 2.05) is 49.5 Å². The van der Waals surface area contributed by atoms with Crippen molar-refractivity contribution in [1.29, 1.82) is 0 Å². The molecule has 0 aliphatic rings. The number of fused-ring (bicyclic) bond motifs is 1. The van der Waals surface area contributed by atoms with Crippen molar-refractivity contribution in [1.82, 2.24) is 19.3 Å². The summed E-state index contributed by atoms with van der Waals surface area (Å²) in [6, 6.07) is 20.5. The van der Waals surface area contributed by atoms with E-state index >= 15 is 0 Å². The van der Waals surface area contributed by atoms with Crippen molar-refractivity contribution in [2.75, 3.05) is 0 Å². The summed E-state index contributed by atoms with van der Waals surface area (Å²) in [6.07, 6.45) is 2.63. The average molecular weight is 391 g/mol. The smallest absolute Gasteiger partial charge is 0.282 e. The summed E-state index contributed by atoms with van der Waals surface area (Å²) in [5.74, 6) is 0.770. The number of aryl methyl sites for hydroxylation is 2. The highest BCUT2D eigenvalue weighted by Crippen LogP contribution is 2.22. The fourth-order valence-corrected chi connectivity index (χ4v) is 4.08. The van der Waals surface area contributed by atoms with Crippen molar-refractivity contribution in [2.45, 2.75) is 37.3 Å². The fourth-order valence-electron chi connectivity index (χ4n) is 3.10. The first-order chi connectivity index (χ1) is 13.7. The number of nitrogens with zero attached hydrogens (tertiary/aromatic N) is 4. The lowest BCUT2D eigenvalue weighted by Crippen LogP contribution is -2.24. The maximum atomic E-state index is 13.1. The van der Waals surface area contributed by atoms with Crippen LogP contribution in [0.4, 0.5) is 0 Å². The third-order valence-electron chi connectivity index (χ3n) is 4.64. The molecule has 4 rings (SSSR count). The van der Waals surface area contributed by atoms with Gasteiger partial charge in [-0.05, 0) is 24.5 Å². The van der Waals surface area contributed by atoms with E-state index in [4.69, 9.17) is 4.98 Å². The lowest BCUT2D eigenvalue weighted by molar-refractivity contribution is 0.593. The minimum Gasteiger partial charge on any atom is -0.285 e. The highest BCUT2D eigenvalue weighted by atomic mass is 32.2. The third kappa shape index (κ3) is 4.02. The summed E-state index contributed by atoms with van der Waals surface area (Å²) in [6.45, 7) is 3.30. The van der Waals surface area contributed by atoms with Crippen LogP contribution in [-0.4, -0.2) is 19.3 Å². The molecule has 0 spiro atoms. The zero-order chi connectivity index (χ0) is 19.3. The van der Waals surface area contributed by atoms with Gasteiger partial charge in [0.05, 0.1) is 6.20 Å². The monoisotopic (exact) mass is 390 g/mol. The molecule has 0 atom stereocenters. The van der Waals surface area contributed by atoms with Gasteiger partial charge in [0, 0.05) is 18.8 Å². The zero-order valence-corrected chi connectivity index (χ0v) is 16.6. The number of hydrogen-bond donors (Lipinski definition) is 0. The van der Waals surface area contributed by atoms with Gasteiger partial charge in [-0.1, -0.05) is 72.4 Å². The third-order valence-corrected chi connectivity index (χ3v) is 5.69. The maximum absolute atomic E-state index is 13.1. The van der Waals surface area contributed by atoms with Gasteiger partial charge in [-0.15, -0.1) is 0 Å². The molecule has 28 heavy (non-hydrogen) atoms. The highest BCUT2D eigenvalue weighted by molar-refractivity contribution is 7.98. The van der Waals surface area contributed by atoms with Gasteiger partial charge in [0.15, 0.2) is 10.7 Å². The van der Waals surface area contributed by atoms with Gasteiger partial charge in [0.2, 0.25) is 0 Å². The van der Waals surface area contributed by atoms with E-state index < -0.39 is 0 Å². The molecule has 0 saturated carbocycles. The zero-order valence-electron chi connectivity index (χ0n) is 15.8. The van der Waals surface area contributed by atoms with Crippen molar-refractivity contribution in [3.63, 3.8) is 0 Å². The largest absolute Gasteiger partial charge is 0.285 e. The Labute approximate surface area is 168 Å². The van der Waals surface area contributed by atoms with Gasteiger partial charge in [0.1, 0.15) is 5.52 Å². The fraction of sp³-hybridized carbons (Fsp3) is 0.227. The van der Waals surface area contributed by atoms with Crippen molar-refractivity contribution in [2.24, 2.45) is 0 Å². The van der Waals surface area contributed by atoms with Crippen LogP contribution in [0.25, 0.3) is 11.0 Å². The average Bonchev–Trinajstić information content (AvgIpc) is 3.17. The number of hydrogen-bond acceptors (Lipinski definition) is 4. The normalized spacial score (nSPS) is 11.2. The van der Waals surface area contributed by atoms with Crippen LogP contribution < -0.4 is 5.56 Å². The van der Waals surface area contributed by atoms with Crippen LogP contribution in [0, 0.1) is 0 Å². The SMILES string of the molecule is CCn1cc2nc(SCc3ccccc3)n(CCc3ccccc3)c(=O)c2n1. The van der Waals surface area contributed by atoms with E-state index in [-0.39, 0.29) is 5.56 Å². The van der Waals surface area contributed by atoms with E-state index in [9.17, 15) is 4.79 Å². The topological polar surface area (TPSA) is 52.7 Å². The van der Waals surface area contributed by atoms with Gasteiger partial charge in [0.25, 0.3) is 5.56 Å². The summed E-state index contributed by atoms with van der Waals surface area (Å²) in [7, 11) is 0. The molecule has 2 heterocycles. The van der Waals surface area contributed by atoms with Crippen LogP contribution in [-0.2, 0) is 25.3 Å². The van der Waals surface area contributed by atoms with Crippen LogP contribution in [0.15, 0.2) is 76.8 Å². The Kier molecular flexibility index (Phi) is 5.58. The van der Waals surface area contributed by atoms with E-state index in [0.717, 1.165) is 17.3 Å². The van der Waals surface area contributed by atoms with Crippen molar-refractivity contribution in [3.8, 4) is 0 Å². The minimum absolute atomic E-state index is 0.0660. The summed E-state index contributed by atoms with van der Waals surface area (Å²) in [4.78, 5) is 17.9. The van der Waals surface area contributed by atoms with Crippen LogP contribution in [0.3, 0.4) is 0 Å². The van der Waals surface area contributed by atoms with Gasteiger partial charge in [-0.3, -0.25) is 14.0 Å². The molecular formula is C22H22N4OS. The van der Waals surface area contributed by atoms with Crippen molar-refractivity contribution < 1.29 is 0 Å². The Morgan fingerprint density at radius 2 is 1.64 bits per heavy atom. The first-order valence-corrected chi connectivity index (χ1v) is 10.4. The summed E-state index contributed by atoms with van der Waals surface area (Å²) in [5.41, 5.74) is 3.45. The van der Waals surface area contributed by atoms with Gasteiger partial charge in [-0.2, -0.15) is 5.10 Å². The molecule has 0 radical (unpaired) electrons. The molecule has 2 aromatic heterocycles.